The highest BCUT2D eigenvalue weighted by Crippen LogP contribution is 2.26. The summed E-state index contributed by atoms with van der Waals surface area (Å²) in [7, 11) is 1.64. The van der Waals surface area contributed by atoms with E-state index < -0.39 is 5.97 Å². The molecule has 0 amide bonds. The number of carboxylic acid groups (broad SMARTS) is 1. The molecular weight excluding hydrogens is 256 g/mol. The molecule has 0 aliphatic heterocycles. The van der Waals surface area contributed by atoms with Crippen LogP contribution in [0.25, 0.3) is 0 Å². The van der Waals surface area contributed by atoms with E-state index in [2.05, 4.69) is 4.98 Å². The van der Waals surface area contributed by atoms with E-state index in [9.17, 15) is 4.79 Å². The van der Waals surface area contributed by atoms with Crippen molar-refractivity contribution in [2.24, 2.45) is 0 Å². The summed E-state index contributed by atoms with van der Waals surface area (Å²) in [5.74, 6) is -0.0177. The third-order valence-corrected chi connectivity index (χ3v) is 3.37. The number of nitrogens with zero attached hydrogens (tertiary/aromatic N) is 2. The second-order valence-corrected chi connectivity index (χ2v) is 5.97. The van der Waals surface area contributed by atoms with Gasteiger partial charge in [-0.2, -0.15) is 0 Å². The van der Waals surface area contributed by atoms with E-state index in [-0.39, 0.29) is 12.1 Å². The van der Waals surface area contributed by atoms with Gasteiger partial charge in [-0.1, -0.05) is 0 Å². The predicted octanol–water partition coefficient (Wildman–Crippen LogP) is 2.39. The van der Waals surface area contributed by atoms with Gasteiger partial charge in [-0.05, 0) is 34.6 Å². The van der Waals surface area contributed by atoms with Crippen molar-refractivity contribution in [3.8, 4) is 5.75 Å². The van der Waals surface area contributed by atoms with Gasteiger partial charge in [0.05, 0.1) is 19.3 Å². The smallest absolute Gasteiger partial charge is 0.317 e. The van der Waals surface area contributed by atoms with Gasteiger partial charge in [0, 0.05) is 29.4 Å². The Morgan fingerprint density at radius 2 is 2.00 bits per heavy atom. The van der Waals surface area contributed by atoms with Crippen LogP contribution in [0.15, 0.2) is 6.20 Å². The number of aromatic nitrogens is 1. The Balaban J connectivity index is 3.09. The molecule has 5 nitrogen and oxygen atoms in total. The topological polar surface area (TPSA) is 62.7 Å². The van der Waals surface area contributed by atoms with Crippen LogP contribution in [0, 0.1) is 13.8 Å². The summed E-state index contributed by atoms with van der Waals surface area (Å²) in [5.41, 5.74) is 2.55. The Kier molecular flexibility index (Phi) is 5.11. The highest BCUT2D eigenvalue weighted by molar-refractivity contribution is 5.69. The lowest BCUT2D eigenvalue weighted by Gasteiger charge is -2.34. The Labute approximate surface area is 120 Å². The molecule has 20 heavy (non-hydrogen) atoms. The predicted molar refractivity (Wildman–Crippen MR) is 78.1 cm³/mol. The van der Waals surface area contributed by atoms with Crippen LogP contribution in [-0.2, 0) is 11.3 Å². The zero-order chi connectivity index (χ0) is 15.5. The number of carbonyl (C=O) groups is 1. The third-order valence-electron chi connectivity index (χ3n) is 3.37. The van der Waals surface area contributed by atoms with E-state index in [4.69, 9.17) is 9.84 Å². The van der Waals surface area contributed by atoms with Crippen molar-refractivity contribution < 1.29 is 14.6 Å². The fraction of sp³-hybridized carbons (Fsp3) is 0.600. The van der Waals surface area contributed by atoms with E-state index >= 15 is 0 Å². The van der Waals surface area contributed by atoms with E-state index in [0.29, 0.717) is 6.54 Å². The van der Waals surface area contributed by atoms with Crippen molar-refractivity contribution in [3.63, 3.8) is 0 Å². The van der Waals surface area contributed by atoms with Crippen LogP contribution in [0.5, 0.6) is 5.75 Å². The number of aryl methyl sites for hydroxylation is 1. The lowest BCUT2D eigenvalue weighted by molar-refractivity contribution is -0.139. The lowest BCUT2D eigenvalue weighted by Crippen LogP contribution is -2.44. The van der Waals surface area contributed by atoms with Gasteiger partial charge in [0.25, 0.3) is 0 Å². The fourth-order valence-electron chi connectivity index (χ4n) is 2.10. The number of hydrogen-bond acceptors (Lipinski definition) is 4. The molecule has 1 N–H and O–H groups in total. The van der Waals surface area contributed by atoms with Crippen molar-refractivity contribution in [1.82, 2.24) is 9.88 Å². The minimum atomic E-state index is -0.836. The van der Waals surface area contributed by atoms with Crippen molar-refractivity contribution in [3.05, 3.63) is 23.0 Å². The van der Waals surface area contributed by atoms with Gasteiger partial charge in [0.2, 0.25) is 0 Å². The molecule has 5 heteroatoms. The lowest BCUT2D eigenvalue weighted by atomic mass is 10.0. The van der Waals surface area contributed by atoms with Crippen LogP contribution in [0.4, 0.5) is 0 Å². The molecule has 0 unspecified atom stereocenters. The average Bonchev–Trinajstić information content (AvgIpc) is 2.30. The van der Waals surface area contributed by atoms with Gasteiger partial charge >= 0.3 is 5.97 Å². The average molecular weight is 280 g/mol. The highest BCUT2D eigenvalue weighted by atomic mass is 16.5. The van der Waals surface area contributed by atoms with Gasteiger partial charge in [0.1, 0.15) is 5.75 Å². The summed E-state index contributed by atoms with van der Waals surface area (Å²) in [5, 5.41) is 9.05. The van der Waals surface area contributed by atoms with Crippen LogP contribution in [0.2, 0.25) is 0 Å². The third kappa shape index (κ3) is 3.93. The van der Waals surface area contributed by atoms with E-state index in [1.165, 1.54) is 0 Å². The Bertz CT molecular complexity index is 493. The van der Waals surface area contributed by atoms with Gasteiger partial charge in [-0.3, -0.25) is 14.7 Å². The van der Waals surface area contributed by atoms with Crippen molar-refractivity contribution in [2.45, 2.75) is 46.7 Å². The first kappa shape index (κ1) is 16.4. The van der Waals surface area contributed by atoms with Crippen LogP contribution in [0.1, 0.15) is 37.6 Å². The van der Waals surface area contributed by atoms with Crippen LogP contribution < -0.4 is 4.74 Å². The molecule has 0 fully saturated rings. The number of methoxy groups -OCH3 is 1. The van der Waals surface area contributed by atoms with Crippen LogP contribution >= 0.6 is 0 Å². The molecular formula is C15H24N2O3. The SMILES string of the molecule is COc1c(C)cnc(CN(CC(=O)O)C(C)(C)C)c1C. The van der Waals surface area contributed by atoms with Gasteiger partial charge < -0.3 is 9.84 Å². The van der Waals surface area contributed by atoms with Crippen molar-refractivity contribution in [2.75, 3.05) is 13.7 Å². The summed E-state index contributed by atoms with van der Waals surface area (Å²) in [4.78, 5) is 17.3. The minimum Gasteiger partial charge on any atom is -0.496 e. The van der Waals surface area contributed by atoms with Gasteiger partial charge in [-0.15, -0.1) is 0 Å². The quantitative estimate of drug-likeness (QED) is 0.897. The first-order valence-electron chi connectivity index (χ1n) is 6.62. The molecule has 112 valence electrons. The minimum absolute atomic E-state index is 0.0131. The molecule has 0 saturated heterocycles. The summed E-state index contributed by atoms with van der Waals surface area (Å²) in [6.07, 6.45) is 1.77. The summed E-state index contributed by atoms with van der Waals surface area (Å²) >= 11 is 0. The molecule has 0 atom stereocenters. The molecule has 1 aromatic heterocycles. The van der Waals surface area contributed by atoms with Gasteiger partial charge in [-0.25, -0.2) is 0 Å². The first-order chi connectivity index (χ1) is 9.16. The standard InChI is InChI=1S/C15H24N2O3/c1-10-7-16-12(11(2)14(10)20-6)8-17(9-13(18)19)15(3,4)5/h7H,8-9H2,1-6H3,(H,18,19). The first-order valence-corrected chi connectivity index (χ1v) is 6.62. The van der Waals surface area contributed by atoms with Gasteiger partial charge in [0.15, 0.2) is 0 Å². The number of rotatable bonds is 5. The number of aliphatic carboxylic acids is 1. The van der Waals surface area contributed by atoms with E-state index in [1.54, 1.807) is 13.3 Å². The number of pyridine rings is 1. The zero-order valence-corrected chi connectivity index (χ0v) is 13.1. The summed E-state index contributed by atoms with van der Waals surface area (Å²) in [6.45, 7) is 10.4. The second kappa shape index (κ2) is 6.22. The second-order valence-electron chi connectivity index (χ2n) is 5.97. The maximum atomic E-state index is 11.0. The van der Waals surface area contributed by atoms with Crippen molar-refractivity contribution >= 4 is 5.97 Å². The number of carboxylic acids is 1. The zero-order valence-electron chi connectivity index (χ0n) is 13.1. The number of hydrogen-bond donors (Lipinski definition) is 1. The van der Waals surface area contributed by atoms with Crippen molar-refractivity contribution in [1.29, 1.82) is 0 Å². The fourth-order valence-corrected chi connectivity index (χ4v) is 2.10. The molecule has 0 spiro atoms. The molecule has 0 aromatic carbocycles. The molecule has 0 bridgehead atoms. The highest BCUT2D eigenvalue weighted by Gasteiger charge is 2.25. The maximum Gasteiger partial charge on any atom is 0.317 e. The normalized spacial score (nSPS) is 11.8. The van der Waals surface area contributed by atoms with Crippen LogP contribution in [0.3, 0.4) is 0 Å². The molecule has 1 rings (SSSR count). The van der Waals surface area contributed by atoms with Crippen LogP contribution in [-0.4, -0.2) is 40.2 Å². The number of ether oxygens (including phenoxy) is 1. The Morgan fingerprint density at radius 3 is 2.45 bits per heavy atom. The Morgan fingerprint density at radius 1 is 1.40 bits per heavy atom. The largest absolute Gasteiger partial charge is 0.496 e. The summed E-state index contributed by atoms with van der Waals surface area (Å²) < 4.78 is 5.39. The molecule has 0 aliphatic rings. The monoisotopic (exact) mass is 280 g/mol. The molecule has 0 aliphatic carbocycles. The molecule has 1 heterocycles. The maximum absolute atomic E-state index is 11.0. The summed E-state index contributed by atoms with van der Waals surface area (Å²) in [6, 6.07) is 0. The molecule has 0 saturated carbocycles. The Hall–Kier alpha value is -1.62. The van der Waals surface area contributed by atoms with E-state index in [1.807, 2.05) is 39.5 Å². The van der Waals surface area contributed by atoms with E-state index in [0.717, 1.165) is 22.6 Å². The molecule has 0 radical (unpaired) electrons. The molecule has 1 aromatic rings.